The zero-order valence-corrected chi connectivity index (χ0v) is 11.5. The fourth-order valence-electron chi connectivity index (χ4n) is 2.15. The average Bonchev–Trinajstić information content (AvgIpc) is 2.29. The molecule has 0 fully saturated rings. The predicted octanol–water partition coefficient (Wildman–Crippen LogP) is 3.23. The van der Waals surface area contributed by atoms with Crippen molar-refractivity contribution in [3.8, 4) is 5.75 Å². The molecule has 0 bridgehead atoms. The molecular weight excluding hydrogens is 210 g/mol. The second-order valence-corrected chi connectivity index (χ2v) is 4.79. The van der Waals surface area contributed by atoms with Crippen molar-refractivity contribution >= 4 is 0 Å². The van der Waals surface area contributed by atoms with Crippen LogP contribution in [-0.4, -0.2) is 13.2 Å². The maximum absolute atomic E-state index is 5.60. The summed E-state index contributed by atoms with van der Waals surface area (Å²) in [6.07, 6.45) is 2.20. The van der Waals surface area contributed by atoms with E-state index in [1.165, 1.54) is 16.7 Å². The van der Waals surface area contributed by atoms with E-state index in [1.807, 2.05) is 6.92 Å². The molecule has 0 aliphatic heterocycles. The van der Waals surface area contributed by atoms with Crippen LogP contribution < -0.4 is 10.5 Å². The summed E-state index contributed by atoms with van der Waals surface area (Å²) in [6, 6.07) is 4.29. The van der Waals surface area contributed by atoms with Crippen LogP contribution in [0.5, 0.6) is 5.75 Å². The second kappa shape index (κ2) is 6.65. The summed E-state index contributed by atoms with van der Waals surface area (Å²) >= 11 is 0. The smallest absolute Gasteiger partial charge is 0.122 e. The Hall–Kier alpha value is -1.02. The molecule has 1 aromatic rings. The lowest BCUT2D eigenvalue weighted by atomic mass is 9.93. The van der Waals surface area contributed by atoms with E-state index in [1.54, 1.807) is 0 Å². The molecule has 1 unspecified atom stereocenters. The Morgan fingerprint density at radius 1 is 1.24 bits per heavy atom. The minimum absolute atomic E-state index is 0.649. The highest BCUT2D eigenvalue weighted by atomic mass is 16.5. The first-order valence-electron chi connectivity index (χ1n) is 6.52. The van der Waals surface area contributed by atoms with Crippen LogP contribution in [0.1, 0.15) is 37.0 Å². The minimum Gasteiger partial charge on any atom is -0.494 e. The molecule has 0 saturated carbocycles. The molecule has 0 heterocycles. The van der Waals surface area contributed by atoms with E-state index in [4.69, 9.17) is 10.5 Å². The molecule has 17 heavy (non-hydrogen) atoms. The zero-order valence-electron chi connectivity index (χ0n) is 11.5. The molecule has 1 atom stereocenters. The van der Waals surface area contributed by atoms with Crippen molar-refractivity contribution in [3.05, 3.63) is 28.8 Å². The van der Waals surface area contributed by atoms with Crippen LogP contribution in [0.15, 0.2) is 12.1 Å². The summed E-state index contributed by atoms with van der Waals surface area (Å²) in [5.74, 6) is 1.66. The molecule has 0 radical (unpaired) electrons. The van der Waals surface area contributed by atoms with Crippen molar-refractivity contribution in [2.24, 2.45) is 11.7 Å². The van der Waals surface area contributed by atoms with Gasteiger partial charge in [0.1, 0.15) is 5.75 Å². The first kappa shape index (κ1) is 14.0. The van der Waals surface area contributed by atoms with Gasteiger partial charge in [0.25, 0.3) is 0 Å². The molecule has 2 N–H and O–H groups in total. The Morgan fingerprint density at radius 3 is 2.53 bits per heavy atom. The van der Waals surface area contributed by atoms with Crippen LogP contribution in [-0.2, 0) is 6.42 Å². The van der Waals surface area contributed by atoms with Crippen LogP contribution in [0.3, 0.4) is 0 Å². The van der Waals surface area contributed by atoms with Crippen molar-refractivity contribution in [2.45, 2.75) is 40.5 Å². The molecule has 0 aliphatic carbocycles. The summed E-state index contributed by atoms with van der Waals surface area (Å²) in [6.45, 7) is 10.1. The van der Waals surface area contributed by atoms with E-state index in [2.05, 4.69) is 32.9 Å². The van der Waals surface area contributed by atoms with Gasteiger partial charge in [-0.3, -0.25) is 0 Å². The average molecular weight is 235 g/mol. The van der Waals surface area contributed by atoms with E-state index in [-0.39, 0.29) is 0 Å². The highest BCUT2D eigenvalue weighted by Gasteiger charge is 2.09. The van der Waals surface area contributed by atoms with Gasteiger partial charge in [0.2, 0.25) is 0 Å². The van der Waals surface area contributed by atoms with Gasteiger partial charge in [0.15, 0.2) is 0 Å². The SMILES string of the molecule is CCOc1ccc(CC(C)CCN)c(C)c1C. The third kappa shape index (κ3) is 3.74. The first-order valence-corrected chi connectivity index (χ1v) is 6.52. The summed E-state index contributed by atoms with van der Waals surface area (Å²) < 4.78 is 5.60. The lowest BCUT2D eigenvalue weighted by Gasteiger charge is -2.16. The topological polar surface area (TPSA) is 35.2 Å². The minimum atomic E-state index is 0.649. The fraction of sp³-hybridized carbons (Fsp3) is 0.600. The predicted molar refractivity (Wildman–Crippen MR) is 73.6 cm³/mol. The van der Waals surface area contributed by atoms with Crippen molar-refractivity contribution in [1.82, 2.24) is 0 Å². The Labute approximate surface area is 105 Å². The van der Waals surface area contributed by atoms with Crippen LogP contribution in [0.4, 0.5) is 0 Å². The normalized spacial score (nSPS) is 12.5. The van der Waals surface area contributed by atoms with Crippen LogP contribution in [0.25, 0.3) is 0 Å². The number of rotatable bonds is 6. The number of benzene rings is 1. The molecule has 96 valence electrons. The third-order valence-corrected chi connectivity index (χ3v) is 3.38. The first-order chi connectivity index (χ1) is 8.10. The Morgan fingerprint density at radius 2 is 1.94 bits per heavy atom. The quantitative estimate of drug-likeness (QED) is 0.821. The largest absolute Gasteiger partial charge is 0.494 e. The Balaban J connectivity index is 2.84. The number of nitrogens with two attached hydrogens (primary N) is 1. The number of hydrogen-bond donors (Lipinski definition) is 1. The highest BCUT2D eigenvalue weighted by Crippen LogP contribution is 2.26. The van der Waals surface area contributed by atoms with Gasteiger partial charge in [0.05, 0.1) is 6.61 Å². The zero-order chi connectivity index (χ0) is 12.8. The van der Waals surface area contributed by atoms with Gasteiger partial charge in [0, 0.05) is 0 Å². The number of ether oxygens (including phenoxy) is 1. The lowest BCUT2D eigenvalue weighted by molar-refractivity contribution is 0.337. The Kier molecular flexibility index (Phi) is 5.49. The van der Waals surface area contributed by atoms with Crippen LogP contribution in [0, 0.1) is 19.8 Å². The molecule has 0 aromatic heterocycles. The van der Waals surface area contributed by atoms with Gasteiger partial charge < -0.3 is 10.5 Å². The van der Waals surface area contributed by atoms with Crippen LogP contribution >= 0.6 is 0 Å². The van der Waals surface area contributed by atoms with Crippen LogP contribution in [0.2, 0.25) is 0 Å². The van der Waals surface area contributed by atoms with Crippen molar-refractivity contribution in [3.63, 3.8) is 0 Å². The van der Waals surface area contributed by atoms with E-state index in [0.29, 0.717) is 5.92 Å². The third-order valence-electron chi connectivity index (χ3n) is 3.38. The van der Waals surface area contributed by atoms with E-state index in [9.17, 15) is 0 Å². The van der Waals surface area contributed by atoms with Gasteiger partial charge in [-0.2, -0.15) is 0 Å². The highest BCUT2D eigenvalue weighted by molar-refractivity contribution is 5.43. The molecular formula is C15H25NO. The maximum Gasteiger partial charge on any atom is 0.122 e. The molecule has 0 amide bonds. The monoisotopic (exact) mass is 235 g/mol. The van der Waals surface area contributed by atoms with E-state index >= 15 is 0 Å². The summed E-state index contributed by atoms with van der Waals surface area (Å²) in [5.41, 5.74) is 9.65. The van der Waals surface area contributed by atoms with Crippen molar-refractivity contribution in [1.29, 1.82) is 0 Å². The van der Waals surface area contributed by atoms with E-state index < -0.39 is 0 Å². The molecule has 2 nitrogen and oxygen atoms in total. The second-order valence-electron chi connectivity index (χ2n) is 4.79. The van der Waals surface area contributed by atoms with Gasteiger partial charge in [-0.1, -0.05) is 13.0 Å². The summed E-state index contributed by atoms with van der Waals surface area (Å²) in [7, 11) is 0. The van der Waals surface area contributed by atoms with Gasteiger partial charge >= 0.3 is 0 Å². The molecule has 1 rings (SSSR count). The standard InChI is InChI=1S/C15H25NO/c1-5-17-15-7-6-14(12(3)13(15)4)10-11(2)8-9-16/h6-7,11H,5,8-10,16H2,1-4H3. The van der Waals surface area contributed by atoms with Gasteiger partial charge in [-0.15, -0.1) is 0 Å². The van der Waals surface area contributed by atoms with Gasteiger partial charge in [-0.05, 0) is 68.8 Å². The fourth-order valence-corrected chi connectivity index (χ4v) is 2.15. The van der Waals surface area contributed by atoms with Crippen molar-refractivity contribution < 1.29 is 4.74 Å². The molecule has 0 saturated heterocycles. The molecule has 1 aromatic carbocycles. The Bertz CT molecular complexity index is 360. The van der Waals surface area contributed by atoms with Gasteiger partial charge in [-0.25, -0.2) is 0 Å². The summed E-state index contributed by atoms with van der Waals surface area (Å²) in [5, 5.41) is 0. The van der Waals surface area contributed by atoms with E-state index in [0.717, 1.165) is 31.7 Å². The molecule has 0 aliphatic rings. The summed E-state index contributed by atoms with van der Waals surface area (Å²) in [4.78, 5) is 0. The molecule has 0 spiro atoms. The lowest BCUT2D eigenvalue weighted by Crippen LogP contribution is -2.09. The molecule has 2 heteroatoms. The maximum atomic E-state index is 5.60. The number of hydrogen-bond acceptors (Lipinski definition) is 2. The van der Waals surface area contributed by atoms with Crippen molar-refractivity contribution in [2.75, 3.05) is 13.2 Å².